The standard InChI is InChI=1S/C27H34ClN5O3.C20H26N4O3.C2H5NO/c1-4-35-24-15-18-14-19(8-9-23(18)33(17(2)3)26(24)34)30-25-22(28)16-29-27(31-25)32-12-10-21(11-13-32)36-20-6-5-7-20;1-14-2-3-16(23-7-6-20(12-23)10-21-11-20)8-15(14)9-24(13-25)17-4-5-18(26)22-19(17)27;1-3-2-4/h8-9,14-17,20-21H,4-7,10-13H2,1-3H3,(H,29,30,31);2-3,8,13,17,21H,4-7,9-12H2,1H3,(H,22,26,27);2H,1H3,(H,3,4). The number of ether oxygens (including phenoxy) is 2. The number of amides is 4. The van der Waals surface area contributed by atoms with Gasteiger partial charge in [-0.3, -0.25) is 29.3 Å². The molecule has 67 heavy (non-hydrogen) atoms. The number of nitrogens with zero attached hydrogens (tertiary/aromatic N) is 6. The minimum absolute atomic E-state index is 0.00124. The van der Waals surface area contributed by atoms with Crippen molar-refractivity contribution in [3.8, 4) is 5.75 Å². The molecular weight excluding hydrogens is 876 g/mol. The average molecular weight is 942 g/mol. The van der Waals surface area contributed by atoms with Crippen LogP contribution >= 0.6 is 11.6 Å². The largest absolute Gasteiger partial charge is 0.488 e. The zero-order valence-electron chi connectivity index (χ0n) is 39.3. The summed E-state index contributed by atoms with van der Waals surface area (Å²) in [6, 6.07) is 13.4. The van der Waals surface area contributed by atoms with E-state index in [0.29, 0.717) is 66.1 Å². The molecule has 4 aliphatic heterocycles. The number of aryl methyl sites for hydroxylation is 1. The van der Waals surface area contributed by atoms with Gasteiger partial charge in [-0.05, 0) is 120 Å². The lowest BCUT2D eigenvalue weighted by molar-refractivity contribution is -0.141. The van der Waals surface area contributed by atoms with Gasteiger partial charge in [0, 0.05) is 87.5 Å². The second kappa shape index (κ2) is 22.3. The van der Waals surface area contributed by atoms with Gasteiger partial charge in [0.15, 0.2) is 11.6 Å². The van der Waals surface area contributed by atoms with E-state index < -0.39 is 6.04 Å². The first kappa shape index (κ1) is 49.1. The maximum Gasteiger partial charge on any atom is 0.293 e. The molecule has 1 spiro atoms. The summed E-state index contributed by atoms with van der Waals surface area (Å²) in [6.07, 6.45) is 11.3. The van der Waals surface area contributed by atoms with Crippen LogP contribution in [0.25, 0.3) is 10.9 Å². The fourth-order valence-corrected chi connectivity index (χ4v) is 9.38. The third kappa shape index (κ3) is 11.9. The molecule has 2 aromatic carbocycles. The van der Waals surface area contributed by atoms with Gasteiger partial charge in [-0.25, -0.2) is 4.98 Å². The molecule has 0 radical (unpaired) electrons. The lowest BCUT2D eigenvalue weighted by Gasteiger charge is -2.39. The second-order valence-electron chi connectivity index (χ2n) is 18.4. The number of fused-ring (bicyclic) bond motifs is 1. The van der Waals surface area contributed by atoms with Crippen molar-refractivity contribution < 1.29 is 28.7 Å². The van der Waals surface area contributed by atoms with Crippen molar-refractivity contribution >= 4 is 70.3 Å². The summed E-state index contributed by atoms with van der Waals surface area (Å²) >= 11 is 6.47. The summed E-state index contributed by atoms with van der Waals surface area (Å²) in [5.41, 5.74) is 5.28. The molecule has 1 unspecified atom stereocenters. The van der Waals surface area contributed by atoms with Gasteiger partial charge in [0.25, 0.3) is 5.56 Å². The van der Waals surface area contributed by atoms with Gasteiger partial charge in [0.05, 0.1) is 30.5 Å². The minimum atomic E-state index is -0.584. The van der Waals surface area contributed by atoms with Crippen molar-refractivity contribution in [1.82, 2.24) is 35.4 Å². The third-order valence-corrected chi connectivity index (χ3v) is 13.6. The van der Waals surface area contributed by atoms with E-state index in [9.17, 15) is 19.2 Å². The molecule has 1 atom stereocenters. The zero-order chi connectivity index (χ0) is 47.7. The number of hydrogen-bond donors (Lipinski definition) is 4. The van der Waals surface area contributed by atoms with Gasteiger partial charge < -0.3 is 44.7 Å². The van der Waals surface area contributed by atoms with E-state index in [0.717, 1.165) is 86.2 Å². The highest BCUT2D eigenvalue weighted by atomic mass is 35.5. The summed E-state index contributed by atoms with van der Waals surface area (Å²) in [4.78, 5) is 72.5. The van der Waals surface area contributed by atoms with E-state index >= 15 is 0 Å². The molecule has 9 rings (SSSR count). The van der Waals surface area contributed by atoms with Gasteiger partial charge in [0.1, 0.15) is 11.1 Å². The van der Waals surface area contributed by atoms with E-state index in [1.54, 1.807) is 23.9 Å². The van der Waals surface area contributed by atoms with E-state index in [4.69, 9.17) is 30.9 Å². The summed E-state index contributed by atoms with van der Waals surface area (Å²) in [5.74, 6) is 0.913. The monoisotopic (exact) mass is 940 g/mol. The Morgan fingerprint density at radius 2 is 1.73 bits per heavy atom. The fraction of sp³-hybridized carbons (Fsp3) is 0.531. The Hall–Kier alpha value is -5.78. The predicted octanol–water partition coefficient (Wildman–Crippen LogP) is 5.63. The van der Waals surface area contributed by atoms with E-state index in [-0.39, 0.29) is 29.8 Å². The van der Waals surface area contributed by atoms with Crippen molar-refractivity contribution in [3.63, 3.8) is 0 Å². The van der Waals surface area contributed by atoms with Crippen molar-refractivity contribution in [2.75, 3.05) is 68.0 Å². The molecule has 0 bridgehead atoms. The van der Waals surface area contributed by atoms with Crippen LogP contribution in [0, 0.1) is 12.3 Å². The predicted molar refractivity (Wildman–Crippen MR) is 260 cm³/mol. The number of imide groups is 1. The quantitative estimate of drug-likeness (QED) is 0.0900. The zero-order valence-corrected chi connectivity index (χ0v) is 40.1. The maximum atomic E-state index is 12.9. The van der Waals surface area contributed by atoms with Crippen LogP contribution in [-0.4, -0.2) is 115 Å². The molecule has 4 N–H and O–H groups in total. The molecule has 4 amide bonds. The normalized spacial score (nSPS) is 19.1. The number of carbonyl (C=O) groups excluding carboxylic acids is 4. The highest BCUT2D eigenvalue weighted by molar-refractivity contribution is 6.33. The van der Waals surface area contributed by atoms with Gasteiger partial charge in [0.2, 0.25) is 30.6 Å². The van der Waals surface area contributed by atoms with Crippen LogP contribution in [0.1, 0.15) is 89.3 Å². The fourth-order valence-electron chi connectivity index (χ4n) is 9.24. The van der Waals surface area contributed by atoms with Crippen LogP contribution in [0.2, 0.25) is 5.02 Å². The summed E-state index contributed by atoms with van der Waals surface area (Å²) in [5, 5.41) is 12.7. The summed E-state index contributed by atoms with van der Waals surface area (Å²) in [7, 11) is 1.56. The van der Waals surface area contributed by atoms with Gasteiger partial charge in [-0.15, -0.1) is 0 Å². The van der Waals surface area contributed by atoms with E-state index in [2.05, 4.69) is 54.3 Å². The highest BCUT2D eigenvalue weighted by Crippen LogP contribution is 2.37. The lowest BCUT2D eigenvalue weighted by atomic mass is 9.81. The Bertz CT molecular complexity index is 2450. The molecule has 5 aliphatic rings. The number of rotatable bonds is 14. The number of piperidine rings is 2. The van der Waals surface area contributed by atoms with Crippen molar-refractivity contribution in [2.24, 2.45) is 5.41 Å². The van der Waals surface area contributed by atoms with Gasteiger partial charge in [-0.2, -0.15) is 4.98 Å². The van der Waals surface area contributed by atoms with E-state index in [1.807, 2.05) is 45.9 Å². The Morgan fingerprint density at radius 1 is 0.985 bits per heavy atom. The van der Waals surface area contributed by atoms with Crippen LogP contribution in [0.4, 0.5) is 23.1 Å². The molecule has 2 aromatic heterocycles. The van der Waals surface area contributed by atoms with Crippen molar-refractivity contribution in [2.45, 2.75) is 110 Å². The minimum Gasteiger partial charge on any atom is -0.488 e. The molecule has 5 fully saturated rings. The van der Waals surface area contributed by atoms with Crippen LogP contribution < -0.4 is 41.4 Å². The first-order valence-electron chi connectivity index (χ1n) is 23.6. The van der Waals surface area contributed by atoms with Crippen LogP contribution in [-0.2, 0) is 30.5 Å². The average Bonchev–Trinajstić information content (AvgIpc) is 3.77. The molecule has 18 heteroatoms. The smallest absolute Gasteiger partial charge is 0.293 e. The number of aromatic nitrogens is 3. The Kier molecular flexibility index (Phi) is 16.4. The SMILES string of the molecule is CCOc1cc2cc(Nc3nc(N4CCC(OC5CCC5)CC4)ncc3Cl)ccc2n(C(C)C)c1=O.CNC=O.Cc1ccc(N2CCC3(CNC3)C2)cc1CN(C=O)C1CCC(=O)NC1=O. The van der Waals surface area contributed by atoms with Crippen molar-refractivity contribution in [1.29, 1.82) is 0 Å². The number of halogens is 1. The molecule has 4 saturated heterocycles. The number of hydrogen-bond acceptors (Lipinski definition) is 13. The Balaban J connectivity index is 0.000000191. The Morgan fingerprint density at radius 3 is 2.34 bits per heavy atom. The molecule has 17 nitrogen and oxygen atoms in total. The summed E-state index contributed by atoms with van der Waals surface area (Å²) < 4.78 is 13.6. The summed E-state index contributed by atoms with van der Waals surface area (Å²) in [6.45, 7) is 14.7. The number of nitrogens with one attached hydrogen (secondary N) is 4. The van der Waals surface area contributed by atoms with Crippen molar-refractivity contribution in [3.05, 3.63) is 75.2 Å². The number of pyridine rings is 1. The lowest BCUT2D eigenvalue weighted by Crippen LogP contribution is -2.54. The molecular formula is C49H65ClN10O7. The molecule has 6 heterocycles. The third-order valence-electron chi connectivity index (χ3n) is 13.3. The number of anilines is 4. The molecule has 4 aromatic rings. The molecule has 360 valence electrons. The Labute approximate surface area is 397 Å². The van der Waals surface area contributed by atoms with E-state index in [1.165, 1.54) is 36.3 Å². The number of carbonyl (C=O) groups is 4. The second-order valence-corrected chi connectivity index (χ2v) is 18.8. The molecule has 1 aliphatic carbocycles. The first-order chi connectivity index (χ1) is 32.3. The van der Waals surface area contributed by atoms with Gasteiger partial charge in [-0.1, -0.05) is 17.7 Å². The molecule has 1 saturated carbocycles. The topological polar surface area (TPSA) is 192 Å². The highest BCUT2D eigenvalue weighted by Gasteiger charge is 2.43. The first-order valence-corrected chi connectivity index (χ1v) is 23.9. The van der Waals surface area contributed by atoms with Crippen LogP contribution in [0.3, 0.4) is 0 Å². The van der Waals surface area contributed by atoms with Gasteiger partial charge >= 0.3 is 0 Å². The number of benzene rings is 2. The van der Waals surface area contributed by atoms with Crippen LogP contribution in [0.15, 0.2) is 53.5 Å². The van der Waals surface area contributed by atoms with Crippen LogP contribution in [0.5, 0.6) is 5.75 Å². The maximum absolute atomic E-state index is 12.9.